The van der Waals surface area contributed by atoms with Gasteiger partial charge in [0.05, 0.1) is 33.8 Å². The molecule has 0 saturated heterocycles. The van der Waals surface area contributed by atoms with E-state index in [4.69, 9.17) is 13.8 Å². The van der Waals surface area contributed by atoms with E-state index in [2.05, 4.69) is 160 Å². The van der Waals surface area contributed by atoms with Gasteiger partial charge in [-0.1, -0.05) is 238 Å². The van der Waals surface area contributed by atoms with Crippen LogP contribution in [0.4, 0.5) is 0 Å². The molecule has 3 atom stereocenters. The van der Waals surface area contributed by atoms with Crippen molar-refractivity contribution >= 4 is 19.7 Å². The fourth-order valence-electron chi connectivity index (χ4n) is 8.20. The van der Waals surface area contributed by atoms with Crippen LogP contribution in [0.2, 0.25) is 0 Å². The first-order valence-corrected chi connectivity index (χ1v) is 33.1. The number of nitrogens with one attached hydrogen (secondary N) is 1. The van der Waals surface area contributed by atoms with Gasteiger partial charge in [0, 0.05) is 12.8 Å². The first-order valence-electron chi connectivity index (χ1n) is 31.6. The van der Waals surface area contributed by atoms with Crippen LogP contribution in [-0.4, -0.2) is 69.4 Å². The molecule has 0 fully saturated rings. The van der Waals surface area contributed by atoms with Crippen LogP contribution in [0.5, 0.6) is 0 Å². The zero-order chi connectivity index (χ0) is 58.6. The number of carbonyl (C=O) groups is 2. The molecule has 3 unspecified atom stereocenters. The topological polar surface area (TPSA) is 114 Å². The quantitative estimate of drug-likeness (QED) is 0.0212. The minimum Gasteiger partial charge on any atom is -0.756 e. The van der Waals surface area contributed by atoms with E-state index in [1.165, 1.54) is 51.4 Å². The van der Waals surface area contributed by atoms with Gasteiger partial charge in [0.2, 0.25) is 5.91 Å². The van der Waals surface area contributed by atoms with Crippen LogP contribution in [0.25, 0.3) is 0 Å². The largest absolute Gasteiger partial charge is 0.756 e. The van der Waals surface area contributed by atoms with Gasteiger partial charge in [0.15, 0.2) is 0 Å². The molecule has 454 valence electrons. The standard InChI is InChI=1S/C70H117N2O7P/c1-7-10-13-16-19-22-25-28-30-32-34-35-36-37-39-40-42-44-47-50-53-56-59-62-69(73)71-67(66-78-80(75,76)77-65-64-72(4,5)6)68(61-58-55-52-49-46-27-24-21-18-15-12-9-3)79-70(74)63-60-57-54-51-48-45-43-41-38-33-31-29-26-23-20-17-14-11-8-2/h10-11,13-14,19-20,22-23,28-31,34-35,37-39,41-42,44-45,48,58,61,67-68H,7-9,12,15-18,21,24-27,32-33,36,40,43,46-47,49-57,59-60,62-66H2,1-6H3,(H-,71,73,75,76)/b13-10-,14-11-,22-19-,23-20-,30-28-,31-29-,35-34-,39-37-,41-38-,44-42-,48-45-,61-58-. The van der Waals surface area contributed by atoms with Gasteiger partial charge >= 0.3 is 5.97 Å². The maximum atomic E-state index is 13.5. The van der Waals surface area contributed by atoms with E-state index in [0.717, 1.165) is 135 Å². The molecule has 10 heteroatoms. The molecule has 0 heterocycles. The molecule has 0 aliphatic heterocycles. The molecule has 0 rings (SSSR count). The number of rotatable bonds is 55. The van der Waals surface area contributed by atoms with Crippen LogP contribution in [0.3, 0.4) is 0 Å². The van der Waals surface area contributed by atoms with Crippen molar-refractivity contribution in [3.63, 3.8) is 0 Å². The minimum absolute atomic E-state index is 0.0420. The second-order valence-corrected chi connectivity index (χ2v) is 23.2. The average Bonchev–Trinajstić information content (AvgIpc) is 3.42. The summed E-state index contributed by atoms with van der Waals surface area (Å²) in [6.45, 7) is 6.55. The Bertz CT molecular complexity index is 1880. The molecule has 1 N–H and O–H groups in total. The summed E-state index contributed by atoms with van der Waals surface area (Å²) < 4.78 is 30.3. The fourth-order valence-corrected chi connectivity index (χ4v) is 8.92. The summed E-state index contributed by atoms with van der Waals surface area (Å²) in [5.74, 6) is -0.620. The maximum Gasteiger partial charge on any atom is 0.306 e. The SMILES string of the molecule is CC/C=C\C/C=C\C/C=C\C/C=C\C/C=C\C/C=C\CCCCCCC(=O)NC(COP(=O)([O-])OCC[N+](C)(C)C)C(/C=C\CCCCCCCCCCCC)OC(=O)CCCCC/C=C\C/C=C\C/C=C\C/C=C\C/C=C\CC. The second kappa shape index (κ2) is 58.1. The van der Waals surface area contributed by atoms with Gasteiger partial charge in [0.25, 0.3) is 7.82 Å². The fraction of sp³-hybridized carbons (Fsp3) is 0.629. The lowest BCUT2D eigenvalue weighted by Gasteiger charge is -2.30. The monoisotopic (exact) mass is 1130 g/mol. The zero-order valence-electron chi connectivity index (χ0n) is 51.7. The van der Waals surface area contributed by atoms with Crippen molar-refractivity contribution in [2.75, 3.05) is 40.9 Å². The van der Waals surface area contributed by atoms with Crippen LogP contribution < -0.4 is 10.2 Å². The van der Waals surface area contributed by atoms with Gasteiger partial charge < -0.3 is 28.5 Å². The average molecular weight is 1130 g/mol. The number of phosphoric ester groups is 1. The molecule has 0 aliphatic carbocycles. The van der Waals surface area contributed by atoms with Gasteiger partial charge in [0.1, 0.15) is 19.3 Å². The molecule has 1 amide bonds. The lowest BCUT2D eigenvalue weighted by atomic mass is 10.1. The molecule has 0 aromatic carbocycles. The smallest absolute Gasteiger partial charge is 0.306 e. The van der Waals surface area contributed by atoms with E-state index in [-0.39, 0.29) is 31.3 Å². The summed E-state index contributed by atoms with van der Waals surface area (Å²) in [4.78, 5) is 40.0. The number of amides is 1. The Morgan fingerprint density at radius 3 is 1.21 bits per heavy atom. The third-order valence-electron chi connectivity index (χ3n) is 13.0. The van der Waals surface area contributed by atoms with Crippen molar-refractivity contribution < 1.29 is 37.3 Å². The molecule has 80 heavy (non-hydrogen) atoms. The third kappa shape index (κ3) is 58.5. The lowest BCUT2D eigenvalue weighted by molar-refractivity contribution is -0.870. The molecular formula is C70H117N2O7P. The van der Waals surface area contributed by atoms with Crippen molar-refractivity contribution in [3.05, 3.63) is 146 Å². The summed E-state index contributed by atoms with van der Waals surface area (Å²) in [6, 6.07) is -0.928. The number of hydrogen-bond donors (Lipinski definition) is 1. The highest BCUT2D eigenvalue weighted by molar-refractivity contribution is 7.45. The number of quaternary nitrogens is 1. The molecular weight excluding hydrogens is 1010 g/mol. The predicted octanol–water partition coefficient (Wildman–Crippen LogP) is 19.2. The summed E-state index contributed by atoms with van der Waals surface area (Å²) in [6.07, 6.45) is 83.9. The number of phosphoric acid groups is 1. The zero-order valence-corrected chi connectivity index (χ0v) is 52.6. The molecule has 0 radical (unpaired) electrons. The Morgan fingerprint density at radius 2 is 0.800 bits per heavy atom. The van der Waals surface area contributed by atoms with E-state index >= 15 is 0 Å². The normalized spacial score (nSPS) is 14.6. The highest BCUT2D eigenvalue weighted by atomic mass is 31.2. The number of hydrogen-bond acceptors (Lipinski definition) is 7. The van der Waals surface area contributed by atoms with E-state index in [1.54, 1.807) is 0 Å². The van der Waals surface area contributed by atoms with E-state index in [9.17, 15) is 19.0 Å². The summed E-state index contributed by atoms with van der Waals surface area (Å²) in [5.41, 5.74) is 0. The molecule has 0 saturated carbocycles. The van der Waals surface area contributed by atoms with Crippen molar-refractivity contribution in [1.82, 2.24) is 5.32 Å². The van der Waals surface area contributed by atoms with Gasteiger partial charge in [-0.05, 0) is 128 Å². The predicted molar refractivity (Wildman–Crippen MR) is 343 cm³/mol. The lowest BCUT2D eigenvalue weighted by Crippen LogP contribution is -2.47. The third-order valence-corrected chi connectivity index (χ3v) is 14.0. The van der Waals surface area contributed by atoms with E-state index in [0.29, 0.717) is 23.9 Å². The van der Waals surface area contributed by atoms with Crippen LogP contribution in [0.1, 0.15) is 233 Å². The number of allylic oxidation sites excluding steroid dienone is 23. The Morgan fingerprint density at radius 1 is 0.450 bits per heavy atom. The van der Waals surface area contributed by atoms with Crippen molar-refractivity contribution in [2.45, 2.75) is 245 Å². The molecule has 0 spiro atoms. The Labute approximate surface area is 491 Å². The minimum atomic E-state index is -4.73. The number of nitrogens with zero attached hydrogens (tertiary/aromatic N) is 1. The number of esters is 1. The highest BCUT2D eigenvalue weighted by Gasteiger charge is 2.27. The molecule has 0 aliphatic rings. The highest BCUT2D eigenvalue weighted by Crippen LogP contribution is 2.38. The van der Waals surface area contributed by atoms with Gasteiger partial charge in [-0.3, -0.25) is 14.2 Å². The van der Waals surface area contributed by atoms with Gasteiger partial charge in [-0.2, -0.15) is 0 Å². The summed E-state index contributed by atoms with van der Waals surface area (Å²) in [7, 11) is 1.12. The number of unbranched alkanes of at least 4 members (excludes halogenated alkanes) is 17. The number of ether oxygens (including phenoxy) is 1. The van der Waals surface area contributed by atoms with Crippen LogP contribution in [0, 0.1) is 0 Å². The van der Waals surface area contributed by atoms with Crippen LogP contribution in [0.15, 0.2) is 146 Å². The first-order chi connectivity index (χ1) is 38.9. The Hall–Kier alpha value is -4.11. The summed E-state index contributed by atoms with van der Waals surface area (Å²) >= 11 is 0. The van der Waals surface area contributed by atoms with Crippen molar-refractivity contribution in [1.29, 1.82) is 0 Å². The Balaban J connectivity index is 5.36. The van der Waals surface area contributed by atoms with E-state index < -0.39 is 26.6 Å². The second-order valence-electron chi connectivity index (χ2n) is 21.8. The van der Waals surface area contributed by atoms with Gasteiger partial charge in [-0.25, -0.2) is 0 Å². The number of likely N-dealkylation sites (N-methyl/N-ethyl adjacent to an activating group) is 1. The Kier molecular flexibility index (Phi) is 55.1. The summed E-state index contributed by atoms with van der Waals surface area (Å²) in [5, 5.41) is 3.00. The first kappa shape index (κ1) is 75.9. The van der Waals surface area contributed by atoms with Crippen LogP contribution >= 0.6 is 7.82 Å². The maximum absolute atomic E-state index is 13.5. The van der Waals surface area contributed by atoms with Crippen LogP contribution in [-0.2, 0) is 27.9 Å². The number of carbonyl (C=O) groups excluding carboxylic acids is 2. The molecule has 0 aromatic rings. The van der Waals surface area contributed by atoms with Crippen molar-refractivity contribution in [2.24, 2.45) is 0 Å². The van der Waals surface area contributed by atoms with Gasteiger partial charge in [-0.15, -0.1) is 0 Å². The van der Waals surface area contributed by atoms with E-state index in [1.807, 2.05) is 33.3 Å². The van der Waals surface area contributed by atoms with Crippen molar-refractivity contribution in [3.8, 4) is 0 Å². The molecule has 0 bridgehead atoms. The molecule has 9 nitrogen and oxygen atoms in total. The molecule has 0 aromatic heterocycles.